The normalized spacial score (nSPS) is 15.4. The third-order valence-corrected chi connectivity index (χ3v) is 4.79. The first kappa shape index (κ1) is 20.3. The quantitative estimate of drug-likeness (QED) is 0.639. The smallest absolute Gasteiger partial charge is 0.339 e. The lowest BCUT2D eigenvalue weighted by molar-refractivity contribution is 0.0526. The summed E-state index contributed by atoms with van der Waals surface area (Å²) in [5.41, 5.74) is 0.484. The minimum absolute atomic E-state index is 0.331. The Balaban J connectivity index is 1.53. The lowest BCUT2D eigenvalue weighted by Gasteiger charge is -2.22. The van der Waals surface area contributed by atoms with E-state index in [1.54, 1.807) is 19.2 Å². The average molecular weight is 387 g/mol. The molecule has 0 aliphatic carbocycles. The van der Waals surface area contributed by atoms with E-state index >= 15 is 0 Å². The number of pyridine rings is 1. The molecule has 0 spiro atoms. The van der Waals surface area contributed by atoms with Gasteiger partial charge in [-0.15, -0.1) is 0 Å². The van der Waals surface area contributed by atoms with E-state index in [4.69, 9.17) is 9.26 Å². The molecule has 0 radical (unpaired) electrons. The molecule has 0 aromatic carbocycles. The first-order valence-corrected chi connectivity index (χ1v) is 10.1. The summed E-state index contributed by atoms with van der Waals surface area (Å²) in [6, 6.07) is 3.67. The lowest BCUT2D eigenvalue weighted by atomic mass is 10.2. The molecule has 0 N–H and O–H groups in total. The van der Waals surface area contributed by atoms with Crippen molar-refractivity contribution in [3.63, 3.8) is 0 Å². The molecule has 0 saturated carbocycles. The van der Waals surface area contributed by atoms with Gasteiger partial charge in [-0.2, -0.15) is 4.98 Å². The van der Waals surface area contributed by atoms with Gasteiger partial charge in [0.15, 0.2) is 5.82 Å². The second-order valence-corrected chi connectivity index (χ2v) is 6.95. The van der Waals surface area contributed by atoms with Crippen molar-refractivity contribution >= 4 is 11.8 Å². The number of nitrogens with zero attached hydrogens (tertiary/aromatic N) is 5. The van der Waals surface area contributed by atoms with Crippen LogP contribution in [0, 0.1) is 0 Å². The number of rotatable bonds is 8. The van der Waals surface area contributed by atoms with Crippen LogP contribution < -0.4 is 4.90 Å². The van der Waals surface area contributed by atoms with Crippen molar-refractivity contribution in [3.8, 4) is 0 Å². The number of aromatic nitrogens is 3. The molecule has 0 amide bonds. The highest BCUT2D eigenvalue weighted by atomic mass is 16.5. The van der Waals surface area contributed by atoms with Gasteiger partial charge in [-0.1, -0.05) is 18.5 Å². The molecule has 1 aliphatic rings. The molecule has 3 heterocycles. The maximum absolute atomic E-state index is 11.8. The molecule has 0 atom stereocenters. The number of carbonyl (C=O) groups is 1. The fraction of sp³-hybridized carbons (Fsp3) is 0.600. The molecule has 2 aromatic rings. The molecule has 1 fully saturated rings. The molecular formula is C20H29N5O3. The number of aryl methyl sites for hydroxylation is 1. The molecule has 0 bridgehead atoms. The van der Waals surface area contributed by atoms with Crippen LogP contribution in [0.3, 0.4) is 0 Å². The zero-order valence-electron chi connectivity index (χ0n) is 16.8. The Morgan fingerprint density at radius 3 is 2.86 bits per heavy atom. The standard InChI is InChI=1S/C20H29N5O3/c1-3-5-7-19-22-17(23-28-19)15-24-10-6-11-25(13-12-24)18-9-8-16(14-21-18)20(26)27-4-2/h8-9,14H,3-7,10-13,15H2,1-2H3. The molecule has 2 aromatic heterocycles. The zero-order chi connectivity index (χ0) is 19.8. The first-order valence-electron chi connectivity index (χ1n) is 10.1. The van der Waals surface area contributed by atoms with Gasteiger partial charge in [-0.05, 0) is 31.9 Å². The topological polar surface area (TPSA) is 84.6 Å². The Hall–Kier alpha value is -2.48. The van der Waals surface area contributed by atoms with Crippen molar-refractivity contribution in [2.24, 2.45) is 0 Å². The summed E-state index contributed by atoms with van der Waals surface area (Å²) in [7, 11) is 0. The van der Waals surface area contributed by atoms with Crippen LogP contribution in [0.4, 0.5) is 5.82 Å². The van der Waals surface area contributed by atoms with Crippen molar-refractivity contribution in [2.45, 2.75) is 46.1 Å². The van der Waals surface area contributed by atoms with Crippen LogP contribution in [0.25, 0.3) is 0 Å². The van der Waals surface area contributed by atoms with Crippen LogP contribution in [-0.2, 0) is 17.7 Å². The van der Waals surface area contributed by atoms with Crippen LogP contribution >= 0.6 is 0 Å². The molecule has 1 aliphatic heterocycles. The summed E-state index contributed by atoms with van der Waals surface area (Å²) < 4.78 is 10.3. The summed E-state index contributed by atoms with van der Waals surface area (Å²) in [6.45, 7) is 8.70. The number of carbonyl (C=O) groups excluding carboxylic acids is 1. The maximum Gasteiger partial charge on any atom is 0.339 e. The van der Waals surface area contributed by atoms with Gasteiger partial charge in [0.05, 0.1) is 18.7 Å². The predicted octanol–water partition coefficient (Wildman–Crippen LogP) is 2.70. The monoisotopic (exact) mass is 387 g/mol. The minimum atomic E-state index is -0.331. The maximum atomic E-state index is 11.8. The van der Waals surface area contributed by atoms with Gasteiger partial charge in [-0.25, -0.2) is 9.78 Å². The highest BCUT2D eigenvalue weighted by Gasteiger charge is 2.18. The van der Waals surface area contributed by atoms with Gasteiger partial charge < -0.3 is 14.2 Å². The van der Waals surface area contributed by atoms with E-state index in [-0.39, 0.29) is 5.97 Å². The summed E-state index contributed by atoms with van der Waals surface area (Å²) in [4.78, 5) is 25.3. The minimum Gasteiger partial charge on any atom is -0.462 e. The van der Waals surface area contributed by atoms with Crippen molar-refractivity contribution in [1.29, 1.82) is 0 Å². The van der Waals surface area contributed by atoms with E-state index in [0.29, 0.717) is 18.7 Å². The van der Waals surface area contributed by atoms with Crippen LogP contribution in [0.15, 0.2) is 22.9 Å². The number of ether oxygens (including phenoxy) is 1. The summed E-state index contributed by atoms with van der Waals surface area (Å²) in [5.74, 6) is 2.05. The Morgan fingerprint density at radius 1 is 1.21 bits per heavy atom. The zero-order valence-corrected chi connectivity index (χ0v) is 16.8. The number of esters is 1. The van der Waals surface area contributed by atoms with Gasteiger partial charge in [0.2, 0.25) is 5.89 Å². The number of hydrogen-bond donors (Lipinski definition) is 0. The van der Waals surface area contributed by atoms with Gasteiger partial charge >= 0.3 is 5.97 Å². The highest BCUT2D eigenvalue weighted by Crippen LogP contribution is 2.16. The molecule has 152 valence electrons. The summed E-state index contributed by atoms with van der Waals surface area (Å²) in [6.07, 6.45) is 5.66. The Labute approximate surface area is 165 Å². The highest BCUT2D eigenvalue weighted by molar-refractivity contribution is 5.89. The van der Waals surface area contributed by atoms with Crippen LogP contribution in [-0.4, -0.2) is 58.8 Å². The Morgan fingerprint density at radius 2 is 2.11 bits per heavy atom. The first-order chi connectivity index (χ1) is 13.7. The third kappa shape index (κ3) is 5.51. The van der Waals surface area contributed by atoms with E-state index in [2.05, 4.69) is 31.8 Å². The largest absolute Gasteiger partial charge is 0.462 e. The third-order valence-electron chi connectivity index (χ3n) is 4.79. The predicted molar refractivity (Wildman–Crippen MR) is 105 cm³/mol. The van der Waals surface area contributed by atoms with Gasteiger partial charge in [0, 0.05) is 38.8 Å². The molecule has 8 heteroatoms. The average Bonchev–Trinajstić information content (AvgIpc) is 3.02. The Kier molecular flexibility index (Phi) is 7.36. The second-order valence-electron chi connectivity index (χ2n) is 6.95. The van der Waals surface area contributed by atoms with Gasteiger partial charge in [0.1, 0.15) is 5.82 Å². The van der Waals surface area contributed by atoms with Crippen molar-refractivity contribution in [2.75, 3.05) is 37.7 Å². The number of unbranched alkanes of at least 4 members (excludes halogenated alkanes) is 1. The summed E-state index contributed by atoms with van der Waals surface area (Å²) in [5, 5.41) is 4.11. The van der Waals surface area contributed by atoms with Crippen LogP contribution in [0.2, 0.25) is 0 Å². The molecule has 8 nitrogen and oxygen atoms in total. The Bertz CT molecular complexity index is 747. The number of hydrogen-bond acceptors (Lipinski definition) is 8. The molecule has 1 saturated heterocycles. The van der Waals surface area contributed by atoms with E-state index in [0.717, 1.165) is 69.4 Å². The van der Waals surface area contributed by atoms with Gasteiger partial charge in [-0.3, -0.25) is 4.90 Å². The van der Waals surface area contributed by atoms with Crippen molar-refractivity contribution < 1.29 is 14.1 Å². The molecular weight excluding hydrogens is 358 g/mol. The lowest BCUT2D eigenvalue weighted by Crippen LogP contribution is -2.31. The molecule has 3 rings (SSSR count). The second kappa shape index (κ2) is 10.2. The van der Waals surface area contributed by atoms with Crippen LogP contribution in [0.1, 0.15) is 55.2 Å². The fourth-order valence-corrected chi connectivity index (χ4v) is 3.25. The van der Waals surface area contributed by atoms with Crippen LogP contribution in [0.5, 0.6) is 0 Å². The van der Waals surface area contributed by atoms with Gasteiger partial charge in [0.25, 0.3) is 0 Å². The fourth-order valence-electron chi connectivity index (χ4n) is 3.25. The van der Waals surface area contributed by atoms with E-state index in [9.17, 15) is 4.79 Å². The molecule has 28 heavy (non-hydrogen) atoms. The SMILES string of the molecule is CCCCc1nc(CN2CCCN(c3ccc(C(=O)OCC)cn3)CC2)no1. The van der Waals surface area contributed by atoms with E-state index in [1.165, 1.54) is 0 Å². The van der Waals surface area contributed by atoms with E-state index in [1.807, 2.05) is 6.07 Å². The van der Waals surface area contributed by atoms with E-state index < -0.39 is 0 Å². The summed E-state index contributed by atoms with van der Waals surface area (Å²) >= 11 is 0. The van der Waals surface area contributed by atoms with Crippen molar-refractivity contribution in [3.05, 3.63) is 35.6 Å². The number of anilines is 1. The van der Waals surface area contributed by atoms with Crippen molar-refractivity contribution in [1.82, 2.24) is 20.0 Å². The molecule has 0 unspecified atom stereocenters.